The number of nitrogens with zero attached hydrogens (tertiary/aromatic N) is 5. The lowest BCUT2D eigenvalue weighted by atomic mass is 10.3. The van der Waals surface area contributed by atoms with Crippen molar-refractivity contribution in [2.45, 2.75) is 19.9 Å². The van der Waals surface area contributed by atoms with Crippen LogP contribution >= 0.6 is 0 Å². The number of pyridine rings is 1. The summed E-state index contributed by atoms with van der Waals surface area (Å²) < 4.78 is 12.9. The number of hydrogen-bond acceptors (Lipinski definition) is 8. The second kappa shape index (κ2) is 7.09. The number of rotatable bonds is 6. The Bertz CT molecular complexity index is 928. The molecule has 134 valence electrons. The molecule has 0 aliphatic rings. The minimum Gasteiger partial charge on any atom is -0.360 e. The van der Waals surface area contributed by atoms with Gasteiger partial charge in [-0.25, -0.2) is 19.3 Å². The molecule has 3 heterocycles. The highest BCUT2D eigenvalue weighted by Gasteiger charge is 2.18. The zero-order valence-corrected chi connectivity index (χ0v) is 13.9. The number of hydrogen-bond donors (Lipinski definition) is 3. The average Bonchev–Trinajstić information content (AvgIpc) is 3.00. The number of aromatic amines is 1. The first-order chi connectivity index (χ1) is 12.4. The number of nitrogens with one attached hydrogen (secondary N) is 3. The Morgan fingerprint density at radius 1 is 1.27 bits per heavy atom. The second-order valence-electron chi connectivity index (χ2n) is 5.51. The van der Waals surface area contributed by atoms with Crippen LogP contribution in [0.2, 0.25) is 0 Å². The molecule has 0 aromatic carbocycles. The maximum Gasteiger partial charge on any atom is 0.311 e. The van der Waals surface area contributed by atoms with Crippen LogP contribution in [0.3, 0.4) is 0 Å². The van der Waals surface area contributed by atoms with Gasteiger partial charge in [-0.2, -0.15) is 5.10 Å². The SMILES string of the molecule is Cc1cc(Nc2nc(N[C@@H](C)c3ncc(F)cn3)ccc2[N+](=O)[O-])n[nH]1. The fourth-order valence-electron chi connectivity index (χ4n) is 2.21. The Morgan fingerprint density at radius 2 is 2.00 bits per heavy atom. The van der Waals surface area contributed by atoms with E-state index >= 15 is 0 Å². The molecule has 0 bridgehead atoms. The van der Waals surface area contributed by atoms with Crippen molar-refractivity contribution >= 4 is 23.1 Å². The topological polar surface area (TPSA) is 135 Å². The van der Waals surface area contributed by atoms with Crippen LogP contribution in [0, 0.1) is 22.9 Å². The molecule has 0 saturated heterocycles. The molecule has 3 aromatic rings. The first kappa shape index (κ1) is 17.2. The molecule has 0 amide bonds. The molecule has 3 aromatic heterocycles. The minimum atomic E-state index is -0.537. The fourth-order valence-corrected chi connectivity index (χ4v) is 2.21. The number of aryl methyl sites for hydroxylation is 1. The van der Waals surface area contributed by atoms with E-state index in [4.69, 9.17) is 0 Å². The summed E-state index contributed by atoms with van der Waals surface area (Å²) >= 11 is 0. The van der Waals surface area contributed by atoms with Crippen molar-refractivity contribution in [1.29, 1.82) is 0 Å². The van der Waals surface area contributed by atoms with Gasteiger partial charge in [-0.1, -0.05) is 0 Å². The number of anilines is 3. The third-order valence-corrected chi connectivity index (χ3v) is 3.42. The zero-order chi connectivity index (χ0) is 18.7. The van der Waals surface area contributed by atoms with E-state index in [-0.39, 0.29) is 17.5 Å². The van der Waals surface area contributed by atoms with E-state index in [9.17, 15) is 14.5 Å². The molecule has 26 heavy (non-hydrogen) atoms. The fraction of sp³-hybridized carbons (Fsp3) is 0.200. The van der Waals surface area contributed by atoms with Crippen LogP contribution in [-0.2, 0) is 0 Å². The van der Waals surface area contributed by atoms with Gasteiger partial charge in [0.05, 0.1) is 23.4 Å². The summed E-state index contributed by atoms with van der Waals surface area (Å²) in [7, 11) is 0. The Morgan fingerprint density at radius 3 is 2.62 bits per heavy atom. The van der Waals surface area contributed by atoms with Crippen molar-refractivity contribution in [2.75, 3.05) is 10.6 Å². The Kier molecular flexibility index (Phi) is 4.69. The van der Waals surface area contributed by atoms with Gasteiger partial charge in [-0.15, -0.1) is 0 Å². The first-order valence-corrected chi connectivity index (χ1v) is 7.61. The predicted molar refractivity (Wildman–Crippen MR) is 91.5 cm³/mol. The van der Waals surface area contributed by atoms with Crippen LogP contribution < -0.4 is 10.6 Å². The van der Waals surface area contributed by atoms with Crippen LogP contribution in [0.4, 0.5) is 27.5 Å². The number of H-pyrrole nitrogens is 1. The molecule has 1 atom stereocenters. The quantitative estimate of drug-likeness (QED) is 0.452. The molecule has 0 spiro atoms. The summed E-state index contributed by atoms with van der Waals surface area (Å²) in [6, 6.07) is 4.11. The van der Waals surface area contributed by atoms with Gasteiger partial charge in [0, 0.05) is 17.8 Å². The highest BCUT2D eigenvalue weighted by Crippen LogP contribution is 2.27. The summed E-state index contributed by atoms with van der Waals surface area (Å²) in [6.45, 7) is 3.57. The van der Waals surface area contributed by atoms with Gasteiger partial charge in [0.25, 0.3) is 0 Å². The molecule has 0 saturated carbocycles. The van der Waals surface area contributed by atoms with E-state index in [0.29, 0.717) is 17.5 Å². The van der Waals surface area contributed by atoms with Crippen molar-refractivity contribution < 1.29 is 9.31 Å². The molecule has 0 radical (unpaired) electrons. The van der Waals surface area contributed by atoms with E-state index in [1.165, 1.54) is 12.1 Å². The Balaban J connectivity index is 1.84. The van der Waals surface area contributed by atoms with E-state index in [0.717, 1.165) is 18.1 Å². The highest BCUT2D eigenvalue weighted by molar-refractivity contribution is 5.66. The third-order valence-electron chi connectivity index (χ3n) is 3.42. The number of nitro groups is 1. The lowest BCUT2D eigenvalue weighted by Crippen LogP contribution is -2.12. The number of aromatic nitrogens is 5. The van der Waals surface area contributed by atoms with Crippen molar-refractivity contribution in [3.63, 3.8) is 0 Å². The lowest BCUT2D eigenvalue weighted by Gasteiger charge is -2.14. The molecule has 0 aliphatic carbocycles. The van der Waals surface area contributed by atoms with E-state index in [2.05, 4.69) is 35.8 Å². The summed E-state index contributed by atoms with van der Waals surface area (Å²) in [4.78, 5) is 22.7. The standard InChI is InChI=1S/C15H15FN8O2/c1-8-5-13(23-22-8)21-15-11(24(25)26)3-4-12(20-15)19-9(2)14-17-6-10(16)7-18-14/h3-7,9H,1-2H3,(H3,19,20,21,22,23)/t9-/m0/s1. The van der Waals surface area contributed by atoms with Gasteiger partial charge in [0.2, 0.25) is 5.82 Å². The summed E-state index contributed by atoms with van der Waals surface area (Å²) in [5.41, 5.74) is 0.605. The van der Waals surface area contributed by atoms with E-state index < -0.39 is 10.7 Å². The maximum atomic E-state index is 12.9. The van der Waals surface area contributed by atoms with Gasteiger partial charge in [0.1, 0.15) is 11.6 Å². The molecule has 10 nitrogen and oxygen atoms in total. The van der Waals surface area contributed by atoms with Gasteiger partial charge >= 0.3 is 5.69 Å². The molecular weight excluding hydrogens is 343 g/mol. The van der Waals surface area contributed by atoms with Gasteiger partial charge in [-0.05, 0) is 19.9 Å². The van der Waals surface area contributed by atoms with Gasteiger partial charge in [0.15, 0.2) is 11.6 Å². The average molecular weight is 358 g/mol. The molecule has 0 fully saturated rings. The first-order valence-electron chi connectivity index (χ1n) is 7.61. The normalized spacial score (nSPS) is 11.8. The molecule has 3 N–H and O–H groups in total. The maximum absolute atomic E-state index is 12.9. The summed E-state index contributed by atoms with van der Waals surface area (Å²) in [5.74, 6) is 0.647. The molecule has 11 heteroatoms. The molecule has 0 unspecified atom stereocenters. The highest BCUT2D eigenvalue weighted by atomic mass is 19.1. The molecular formula is C15H15FN8O2. The van der Waals surface area contributed by atoms with Crippen molar-refractivity contribution in [1.82, 2.24) is 25.1 Å². The second-order valence-corrected chi connectivity index (χ2v) is 5.51. The Labute approximate surface area is 147 Å². The largest absolute Gasteiger partial charge is 0.360 e. The smallest absolute Gasteiger partial charge is 0.311 e. The van der Waals surface area contributed by atoms with Crippen molar-refractivity contribution in [3.8, 4) is 0 Å². The van der Waals surface area contributed by atoms with Crippen LogP contribution in [0.25, 0.3) is 0 Å². The van der Waals surface area contributed by atoms with Gasteiger partial charge < -0.3 is 10.6 Å². The van der Waals surface area contributed by atoms with E-state index in [1.807, 2.05) is 6.92 Å². The van der Waals surface area contributed by atoms with Gasteiger partial charge in [-0.3, -0.25) is 15.2 Å². The minimum absolute atomic E-state index is 0.0405. The monoisotopic (exact) mass is 358 g/mol. The van der Waals surface area contributed by atoms with Crippen molar-refractivity contribution in [3.05, 3.63) is 58.0 Å². The van der Waals surface area contributed by atoms with Crippen LogP contribution in [0.1, 0.15) is 24.5 Å². The van der Waals surface area contributed by atoms with Crippen LogP contribution in [0.15, 0.2) is 30.6 Å². The molecule has 0 aliphatic heterocycles. The zero-order valence-electron chi connectivity index (χ0n) is 13.9. The van der Waals surface area contributed by atoms with E-state index in [1.54, 1.807) is 13.0 Å². The van der Waals surface area contributed by atoms with Crippen LogP contribution in [0.5, 0.6) is 0 Å². The summed E-state index contributed by atoms with van der Waals surface area (Å²) in [5, 5.41) is 23.8. The molecule has 3 rings (SSSR count). The predicted octanol–water partition coefficient (Wildman–Crippen LogP) is 2.87. The number of halogens is 1. The summed E-state index contributed by atoms with van der Waals surface area (Å²) in [6.07, 6.45) is 2.13. The van der Waals surface area contributed by atoms with Crippen LogP contribution in [-0.4, -0.2) is 30.1 Å². The van der Waals surface area contributed by atoms with Crippen molar-refractivity contribution in [2.24, 2.45) is 0 Å². The Hall–Kier alpha value is -3.63. The third kappa shape index (κ3) is 3.88. The lowest BCUT2D eigenvalue weighted by molar-refractivity contribution is -0.384.